The minimum atomic E-state index is -0.629. The SMILES string of the molecule is OC(CNc1c(F)cccc1Br)COCC1CC1. The van der Waals surface area contributed by atoms with E-state index in [4.69, 9.17) is 4.74 Å². The van der Waals surface area contributed by atoms with Crippen LogP contribution in [0.15, 0.2) is 22.7 Å². The number of anilines is 1. The summed E-state index contributed by atoms with van der Waals surface area (Å²) < 4.78 is 19.5. The zero-order chi connectivity index (χ0) is 13.0. The molecule has 0 bridgehead atoms. The lowest BCUT2D eigenvalue weighted by Crippen LogP contribution is -2.25. The Balaban J connectivity index is 1.72. The first-order valence-electron chi connectivity index (χ1n) is 6.10. The summed E-state index contributed by atoms with van der Waals surface area (Å²) in [4.78, 5) is 0. The van der Waals surface area contributed by atoms with E-state index in [-0.39, 0.29) is 19.0 Å². The number of benzene rings is 1. The number of rotatable bonds is 7. The molecular formula is C13H17BrFNO2. The van der Waals surface area contributed by atoms with E-state index in [1.54, 1.807) is 12.1 Å². The fourth-order valence-corrected chi connectivity index (χ4v) is 2.08. The minimum Gasteiger partial charge on any atom is -0.389 e. The van der Waals surface area contributed by atoms with Gasteiger partial charge in [0.1, 0.15) is 5.82 Å². The van der Waals surface area contributed by atoms with Gasteiger partial charge in [0.2, 0.25) is 0 Å². The Bertz CT molecular complexity index is 378. The molecule has 1 aromatic rings. The van der Waals surface area contributed by atoms with Gasteiger partial charge >= 0.3 is 0 Å². The maximum absolute atomic E-state index is 13.5. The fourth-order valence-electron chi connectivity index (χ4n) is 1.60. The molecule has 2 rings (SSSR count). The maximum atomic E-state index is 13.5. The molecule has 1 unspecified atom stereocenters. The summed E-state index contributed by atoms with van der Waals surface area (Å²) in [5.41, 5.74) is 0.374. The van der Waals surface area contributed by atoms with Crippen LogP contribution in [-0.4, -0.2) is 31.0 Å². The molecule has 0 spiro atoms. The van der Waals surface area contributed by atoms with Crippen LogP contribution in [0.5, 0.6) is 0 Å². The van der Waals surface area contributed by atoms with Crippen molar-refractivity contribution in [3.8, 4) is 0 Å². The molecule has 100 valence electrons. The number of hydrogen-bond acceptors (Lipinski definition) is 3. The minimum absolute atomic E-state index is 0.268. The summed E-state index contributed by atoms with van der Waals surface area (Å²) in [6.45, 7) is 1.28. The van der Waals surface area contributed by atoms with E-state index in [2.05, 4.69) is 21.2 Å². The molecule has 18 heavy (non-hydrogen) atoms. The highest BCUT2D eigenvalue weighted by Crippen LogP contribution is 2.28. The zero-order valence-corrected chi connectivity index (χ0v) is 11.6. The smallest absolute Gasteiger partial charge is 0.147 e. The van der Waals surface area contributed by atoms with Crippen LogP contribution in [0.25, 0.3) is 0 Å². The van der Waals surface area contributed by atoms with Gasteiger partial charge < -0.3 is 15.2 Å². The van der Waals surface area contributed by atoms with Crippen LogP contribution in [0.2, 0.25) is 0 Å². The average molecular weight is 318 g/mol. The molecule has 0 aromatic heterocycles. The summed E-state index contributed by atoms with van der Waals surface area (Å²) in [7, 11) is 0. The van der Waals surface area contributed by atoms with Crippen LogP contribution in [0, 0.1) is 11.7 Å². The third kappa shape index (κ3) is 4.23. The molecule has 0 saturated heterocycles. The van der Waals surface area contributed by atoms with Crippen molar-refractivity contribution in [2.45, 2.75) is 18.9 Å². The third-order valence-electron chi connectivity index (χ3n) is 2.84. The molecule has 0 aliphatic heterocycles. The Labute approximate surface area is 114 Å². The number of ether oxygens (including phenoxy) is 1. The average Bonchev–Trinajstić information content (AvgIpc) is 3.12. The summed E-state index contributed by atoms with van der Waals surface area (Å²) in [5.74, 6) is 0.348. The predicted molar refractivity (Wildman–Crippen MR) is 72.1 cm³/mol. The van der Waals surface area contributed by atoms with E-state index in [1.165, 1.54) is 18.9 Å². The first-order valence-corrected chi connectivity index (χ1v) is 6.90. The van der Waals surface area contributed by atoms with E-state index < -0.39 is 6.10 Å². The molecule has 0 heterocycles. The Hall–Kier alpha value is -0.650. The first kappa shape index (κ1) is 13.8. The van der Waals surface area contributed by atoms with Crippen LogP contribution >= 0.6 is 15.9 Å². The Morgan fingerprint density at radius 3 is 2.94 bits per heavy atom. The molecule has 1 atom stereocenters. The van der Waals surface area contributed by atoms with Crippen molar-refractivity contribution in [1.82, 2.24) is 0 Å². The Morgan fingerprint density at radius 1 is 1.50 bits per heavy atom. The van der Waals surface area contributed by atoms with Crippen molar-refractivity contribution < 1.29 is 14.2 Å². The number of aliphatic hydroxyl groups excluding tert-OH is 1. The van der Waals surface area contributed by atoms with Gasteiger partial charge in [-0.2, -0.15) is 0 Å². The lowest BCUT2D eigenvalue weighted by Gasteiger charge is -2.14. The Morgan fingerprint density at radius 2 is 2.28 bits per heavy atom. The van der Waals surface area contributed by atoms with E-state index in [0.717, 1.165) is 6.61 Å². The highest BCUT2D eigenvalue weighted by Gasteiger charge is 2.21. The van der Waals surface area contributed by atoms with E-state index in [9.17, 15) is 9.50 Å². The van der Waals surface area contributed by atoms with Gasteiger partial charge in [-0.15, -0.1) is 0 Å². The van der Waals surface area contributed by atoms with Gasteiger partial charge in [0.15, 0.2) is 0 Å². The number of hydrogen-bond donors (Lipinski definition) is 2. The van der Waals surface area contributed by atoms with Gasteiger partial charge in [-0.1, -0.05) is 6.07 Å². The highest BCUT2D eigenvalue weighted by molar-refractivity contribution is 9.10. The quantitative estimate of drug-likeness (QED) is 0.812. The van der Waals surface area contributed by atoms with Crippen molar-refractivity contribution >= 4 is 21.6 Å². The fraction of sp³-hybridized carbons (Fsp3) is 0.538. The van der Waals surface area contributed by atoms with Gasteiger partial charge in [0, 0.05) is 17.6 Å². The number of aliphatic hydroxyl groups is 1. The van der Waals surface area contributed by atoms with E-state index in [0.29, 0.717) is 16.1 Å². The maximum Gasteiger partial charge on any atom is 0.147 e. The molecular weight excluding hydrogens is 301 g/mol. The van der Waals surface area contributed by atoms with Crippen molar-refractivity contribution in [2.24, 2.45) is 5.92 Å². The molecule has 3 nitrogen and oxygen atoms in total. The second kappa shape index (κ2) is 6.50. The summed E-state index contributed by atoms with van der Waals surface area (Å²) in [5, 5.41) is 12.6. The van der Waals surface area contributed by atoms with Crippen LogP contribution < -0.4 is 5.32 Å². The Kier molecular flexibility index (Phi) is 4.97. The number of halogens is 2. The van der Waals surface area contributed by atoms with Crippen LogP contribution in [0.1, 0.15) is 12.8 Å². The van der Waals surface area contributed by atoms with Crippen LogP contribution in [-0.2, 0) is 4.74 Å². The molecule has 1 saturated carbocycles. The highest BCUT2D eigenvalue weighted by atomic mass is 79.9. The van der Waals surface area contributed by atoms with Crippen molar-refractivity contribution in [2.75, 3.05) is 25.1 Å². The van der Waals surface area contributed by atoms with Crippen molar-refractivity contribution in [1.29, 1.82) is 0 Å². The van der Waals surface area contributed by atoms with Crippen molar-refractivity contribution in [3.05, 3.63) is 28.5 Å². The molecule has 1 aliphatic carbocycles. The van der Waals surface area contributed by atoms with E-state index >= 15 is 0 Å². The van der Waals surface area contributed by atoms with Crippen LogP contribution in [0.3, 0.4) is 0 Å². The van der Waals surface area contributed by atoms with Gasteiger partial charge in [-0.3, -0.25) is 0 Å². The molecule has 5 heteroatoms. The van der Waals surface area contributed by atoms with Gasteiger partial charge in [-0.05, 0) is 46.8 Å². The lowest BCUT2D eigenvalue weighted by molar-refractivity contribution is 0.0386. The molecule has 0 radical (unpaired) electrons. The predicted octanol–water partition coefficient (Wildman–Crippen LogP) is 2.79. The van der Waals surface area contributed by atoms with Crippen LogP contribution in [0.4, 0.5) is 10.1 Å². The lowest BCUT2D eigenvalue weighted by atomic mass is 10.3. The molecule has 1 fully saturated rings. The molecule has 0 amide bonds. The summed E-state index contributed by atoms with van der Waals surface area (Å²) in [6.07, 6.45) is 1.84. The zero-order valence-electron chi connectivity index (χ0n) is 10.0. The van der Waals surface area contributed by atoms with Gasteiger partial charge in [0.25, 0.3) is 0 Å². The molecule has 1 aliphatic rings. The standard InChI is InChI=1S/C13H17BrFNO2/c14-11-2-1-3-12(15)13(11)16-6-10(17)8-18-7-9-4-5-9/h1-3,9-10,16-17H,4-8H2. The first-order chi connectivity index (χ1) is 8.66. The largest absolute Gasteiger partial charge is 0.389 e. The van der Waals surface area contributed by atoms with Gasteiger partial charge in [-0.25, -0.2) is 4.39 Å². The number of para-hydroxylation sites is 1. The summed E-state index contributed by atoms with van der Waals surface area (Å²) in [6, 6.07) is 4.75. The van der Waals surface area contributed by atoms with E-state index in [1.807, 2.05) is 0 Å². The third-order valence-corrected chi connectivity index (χ3v) is 3.50. The van der Waals surface area contributed by atoms with Crippen molar-refractivity contribution in [3.63, 3.8) is 0 Å². The number of nitrogens with one attached hydrogen (secondary N) is 1. The molecule has 1 aromatic carbocycles. The monoisotopic (exact) mass is 317 g/mol. The second-order valence-electron chi connectivity index (χ2n) is 4.61. The second-order valence-corrected chi connectivity index (χ2v) is 5.47. The van der Waals surface area contributed by atoms with Gasteiger partial charge in [0.05, 0.1) is 18.4 Å². The molecule has 2 N–H and O–H groups in total. The normalized spacial score (nSPS) is 16.6. The topological polar surface area (TPSA) is 41.5 Å². The summed E-state index contributed by atoms with van der Waals surface area (Å²) >= 11 is 3.26.